The molecule has 1 unspecified atom stereocenters. The van der Waals surface area contributed by atoms with Crippen LogP contribution < -0.4 is 5.73 Å². The summed E-state index contributed by atoms with van der Waals surface area (Å²) in [6.45, 7) is 12.9. The van der Waals surface area contributed by atoms with E-state index in [1.54, 1.807) is 0 Å². The number of aromatic nitrogens is 2. The number of rotatable bonds is 3. The molecule has 16 heavy (non-hydrogen) atoms. The Morgan fingerprint density at radius 2 is 1.94 bits per heavy atom. The van der Waals surface area contributed by atoms with E-state index < -0.39 is 0 Å². The van der Waals surface area contributed by atoms with Gasteiger partial charge < -0.3 is 5.73 Å². The zero-order chi connectivity index (χ0) is 12.5. The van der Waals surface area contributed by atoms with Crippen LogP contribution >= 0.6 is 0 Å². The second-order valence-corrected chi connectivity index (χ2v) is 5.69. The molecule has 1 aromatic rings. The summed E-state index contributed by atoms with van der Waals surface area (Å²) < 4.78 is 2.09. The summed E-state index contributed by atoms with van der Waals surface area (Å²) in [5.41, 5.74) is 8.35. The number of nitrogens with zero attached hydrogens (tertiary/aromatic N) is 2. The quantitative estimate of drug-likeness (QED) is 0.855. The molecular formula is C13H25N3. The normalized spacial score (nSPS) is 16.2. The van der Waals surface area contributed by atoms with Crippen molar-refractivity contribution in [3.05, 3.63) is 17.5 Å². The van der Waals surface area contributed by atoms with E-state index in [9.17, 15) is 0 Å². The standard InChI is InChI=1S/C13H25N3/c1-7-9(2)16-11(10(3)14)8-12(15-16)13(4,5)6/h8-10H,7,14H2,1-6H3/t9?,10-/m0/s1. The summed E-state index contributed by atoms with van der Waals surface area (Å²) in [6, 6.07) is 2.60. The van der Waals surface area contributed by atoms with Crippen molar-refractivity contribution in [2.75, 3.05) is 0 Å². The third kappa shape index (κ3) is 2.64. The second-order valence-electron chi connectivity index (χ2n) is 5.69. The van der Waals surface area contributed by atoms with Gasteiger partial charge in [0, 0.05) is 17.5 Å². The van der Waals surface area contributed by atoms with Gasteiger partial charge in [0.25, 0.3) is 0 Å². The molecule has 0 bridgehead atoms. The zero-order valence-corrected chi connectivity index (χ0v) is 11.4. The fraction of sp³-hybridized carbons (Fsp3) is 0.769. The van der Waals surface area contributed by atoms with Gasteiger partial charge in [0.2, 0.25) is 0 Å². The highest BCUT2D eigenvalue weighted by Gasteiger charge is 2.22. The lowest BCUT2D eigenvalue weighted by molar-refractivity contribution is 0.436. The average molecular weight is 223 g/mol. The number of hydrogen-bond donors (Lipinski definition) is 1. The maximum absolute atomic E-state index is 6.00. The first-order chi connectivity index (χ1) is 7.27. The van der Waals surface area contributed by atoms with Crippen LogP contribution in [0.5, 0.6) is 0 Å². The lowest BCUT2D eigenvalue weighted by atomic mass is 9.92. The Morgan fingerprint density at radius 1 is 1.38 bits per heavy atom. The van der Waals surface area contributed by atoms with Crippen LogP contribution in [0.3, 0.4) is 0 Å². The molecule has 0 fully saturated rings. The van der Waals surface area contributed by atoms with E-state index in [2.05, 4.69) is 45.4 Å². The summed E-state index contributed by atoms with van der Waals surface area (Å²) in [5, 5.41) is 4.71. The SMILES string of the molecule is CCC(C)n1nc(C(C)(C)C)cc1[C@H](C)N. The molecule has 0 aromatic carbocycles. The summed E-state index contributed by atoms with van der Waals surface area (Å²) in [4.78, 5) is 0. The maximum atomic E-state index is 6.00. The fourth-order valence-corrected chi connectivity index (χ4v) is 1.64. The Morgan fingerprint density at radius 3 is 2.31 bits per heavy atom. The minimum Gasteiger partial charge on any atom is -0.323 e. The summed E-state index contributed by atoms with van der Waals surface area (Å²) in [6.07, 6.45) is 1.07. The van der Waals surface area contributed by atoms with Crippen LogP contribution in [0.4, 0.5) is 0 Å². The van der Waals surface area contributed by atoms with Gasteiger partial charge in [-0.25, -0.2) is 0 Å². The van der Waals surface area contributed by atoms with E-state index in [0.29, 0.717) is 6.04 Å². The van der Waals surface area contributed by atoms with Crippen molar-refractivity contribution in [2.24, 2.45) is 5.73 Å². The molecule has 0 amide bonds. The van der Waals surface area contributed by atoms with Crippen LogP contribution in [0, 0.1) is 0 Å². The molecule has 3 nitrogen and oxygen atoms in total. The van der Waals surface area contributed by atoms with Crippen LogP contribution in [0.2, 0.25) is 0 Å². The molecule has 2 atom stereocenters. The van der Waals surface area contributed by atoms with E-state index in [1.807, 2.05) is 6.92 Å². The van der Waals surface area contributed by atoms with Crippen molar-refractivity contribution in [3.8, 4) is 0 Å². The van der Waals surface area contributed by atoms with Crippen LogP contribution in [0.25, 0.3) is 0 Å². The molecule has 1 aromatic heterocycles. The van der Waals surface area contributed by atoms with Crippen molar-refractivity contribution >= 4 is 0 Å². The highest BCUT2D eigenvalue weighted by Crippen LogP contribution is 2.26. The molecule has 0 saturated heterocycles. The molecule has 3 heteroatoms. The van der Waals surface area contributed by atoms with Crippen molar-refractivity contribution < 1.29 is 0 Å². The van der Waals surface area contributed by atoms with Gasteiger partial charge in [-0.05, 0) is 26.3 Å². The molecule has 0 radical (unpaired) electrons. The van der Waals surface area contributed by atoms with Crippen LogP contribution in [-0.4, -0.2) is 9.78 Å². The van der Waals surface area contributed by atoms with E-state index in [1.165, 1.54) is 0 Å². The van der Waals surface area contributed by atoms with Crippen molar-refractivity contribution in [2.45, 2.75) is 65.5 Å². The molecular weight excluding hydrogens is 198 g/mol. The van der Waals surface area contributed by atoms with Gasteiger partial charge in [-0.2, -0.15) is 5.10 Å². The summed E-state index contributed by atoms with van der Waals surface area (Å²) >= 11 is 0. The Kier molecular flexibility index (Phi) is 3.79. The molecule has 1 rings (SSSR count). The zero-order valence-electron chi connectivity index (χ0n) is 11.4. The third-order valence-electron chi connectivity index (χ3n) is 3.01. The predicted molar refractivity (Wildman–Crippen MR) is 68.5 cm³/mol. The average Bonchev–Trinajstić information content (AvgIpc) is 2.60. The highest BCUT2D eigenvalue weighted by atomic mass is 15.3. The van der Waals surface area contributed by atoms with Crippen LogP contribution in [-0.2, 0) is 5.41 Å². The van der Waals surface area contributed by atoms with Gasteiger partial charge in [-0.1, -0.05) is 27.7 Å². The lowest BCUT2D eigenvalue weighted by Crippen LogP contribution is -2.17. The maximum Gasteiger partial charge on any atom is 0.0681 e. The molecule has 0 aliphatic rings. The van der Waals surface area contributed by atoms with Gasteiger partial charge in [0.05, 0.1) is 11.4 Å². The molecule has 0 aliphatic carbocycles. The predicted octanol–water partition coefficient (Wildman–Crippen LogP) is 3.17. The van der Waals surface area contributed by atoms with E-state index >= 15 is 0 Å². The molecule has 92 valence electrons. The Labute approximate surface area is 99.0 Å². The van der Waals surface area contributed by atoms with Gasteiger partial charge in [-0.15, -0.1) is 0 Å². The Balaban J connectivity index is 3.20. The monoisotopic (exact) mass is 223 g/mol. The minimum absolute atomic E-state index is 0.0394. The first-order valence-electron chi connectivity index (χ1n) is 6.12. The van der Waals surface area contributed by atoms with Crippen LogP contribution in [0.1, 0.15) is 71.4 Å². The number of nitrogens with two attached hydrogens (primary N) is 1. The van der Waals surface area contributed by atoms with Gasteiger partial charge in [0.15, 0.2) is 0 Å². The number of hydrogen-bond acceptors (Lipinski definition) is 2. The first kappa shape index (κ1) is 13.2. The van der Waals surface area contributed by atoms with E-state index in [4.69, 9.17) is 10.8 Å². The topological polar surface area (TPSA) is 43.8 Å². The molecule has 0 spiro atoms. The smallest absolute Gasteiger partial charge is 0.0681 e. The molecule has 2 N–H and O–H groups in total. The molecule has 1 heterocycles. The van der Waals surface area contributed by atoms with E-state index in [0.717, 1.165) is 17.8 Å². The second kappa shape index (κ2) is 4.58. The lowest BCUT2D eigenvalue weighted by Gasteiger charge is -2.16. The van der Waals surface area contributed by atoms with Crippen molar-refractivity contribution in [3.63, 3.8) is 0 Å². The molecule has 0 saturated carbocycles. The van der Waals surface area contributed by atoms with Crippen LogP contribution in [0.15, 0.2) is 6.07 Å². The fourth-order valence-electron chi connectivity index (χ4n) is 1.64. The van der Waals surface area contributed by atoms with Gasteiger partial charge in [0.1, 0.15) is 0 Å². The first-order valence-corrected chi connectivity index (χ1v) is 6.12. The summed E-state index contributed by atoms with van der Waals surface area (Å²) in [7, 11) is 0. The van der Waals surface area contributed by atoms with Gasteiger partial charge in [-0.3, -0.25) is 4.68 Å². The van der Waals surface area contributed by atoms with E-state index in [-0.39, 0.29) is 11.5 Å². The summed E-state index contributed by atoms with van der Waals surface area (Å²) in [5.74, 6) is 0. The Hall–Kier alpha value is -0.830. The van der Waals surface area contributed by atoms with Crippen molar-refractivity contribution in [1.82, 2.24) is 9.78 Å². The highest BCUT2D eigenvalue weighted by molar-refractivity contribution is 5.20. The van der Waals surface area contributed by atoms with Gasteiger partial charge >= 0.3 is 0 Å². The third-order valence-corrected chi connectivity index (χ3v) is 3.01. The molecule has 0 aliphatic heterocycles. The largest absolute Gasteiger partial charge is 0.323 e. The minimum atomic E-state index is 0.0394. The van der Waals surface area contributed by atoms with Crippen molar-refractivity contribution in [1.29, 1.82) is 0 Å². The Bertz CT molecular complexity index is 345.